The Balaban J connectivity index is 2.27. The Hall–Kier alpha value is -1.27. The van der Waals surface area contributed by atoms with Crippen molar-refractivity contribution in [1.82, 2.24) is 0 Å². The summed E-state index contributed by atoms with van der Waals surface area (Å²) in [5.41, 5.74) is -0.904. The minimum Gasteiger partial charge on any atom is -0.469 e. The van der Waals surface area contributed by atoms with Crippen molar-refractivity contribution < 1.29 is 23.3 Å². The summed E-state index contributed by atoms with van der Waals surface area (Å²) in [4.78, 5) is 11.8. The van der Waals surface area contributed by atoms with Gasteiger partial charge >= 0.3 is 13.1 Å². The molecule has 0 saturated carbocycles. The monoisotopic (exact) mass is 308 g/mol. The Morgan fingerprint density at radius 2 is 1.82 bits per heavy atom. The van der Waals surface area contributed by atoms with Crippen molar-refractivity contribution in [2.24, 2.45) is 0 Å². The second-order valence-electron chi connectivity index (χ2n) is 6.67. The highest BCUT2D eigenvalue weighted by Gasteiger charge is 2.55. The minimum absolute atomic E-state index is 0.157. The van der Waals surface area contributed by atoms with Crippen molar-refractivity contribution >= 4 is 13.1 Å². The molecule has 2 heterocycles. The van der Waals surface area contributed by atoms with Gasteiger partial charge in [-0.2, -0.15) is 0 Å². The summed E-state index contributed by atoms with van der Waals surface area (Å²) in [5.74, 6) is 0.935. The lowest BCUT2D eigenvalue weighted by Crippen LogP contribution is -2.41. The molecule has 1 aliphatic heterocycles. The lowest BCUT2D eigenvalue weighted by atomic mass is 9.68. The van der Waals surface area contributed by atoms with Gasteiger partial charge in [0.25, 0.3) is 0 Å². The van der Waals surface area contributed by atoms with Gasteiger partial charge in [0.15, 0.2) is 0 Å². The Kier molecular flexibility index (Phi) is 4.73. The number of hydrogen-bond donors (Lipinski definition) is 0. The van der Waals surface area contributed by atoms with E-state index in [0.29, 0.717) is 5.76 Å². The zero-order valence-electron chi connectivity index (χ0n) is 14.3. The molecule has 122 valence electrons. The first-order valence-electron chi connectivity index (χ1n) is 7.71. The summed E-state index contributed by atoms with van der Waals surface area (Å²) in [5, 5.41) is 0. The quantitative estimate of drug-likeness (QED) is 0.618. The Labute approximate surface area is 132 Å². The molecule has 0 aliphatic carbocycles. The van der Waals surface area contributed by atoms with Crippen LogP contribution in [0, 0.1) is 0 Å². The van der Waals surface area contributed by atoms with E-state index >= 15 is 0 Å². The highest BCUT2D eigenvalue weighted by atomic mass is 16.7. The van der Waals surface area contributed by atoms with Crippen LogP contribution in [0.1, 0.15) is 58.4 Å². The van der Waals surface area contributed by atoms with Crippen LogP contribution in [0.25, 0.3) is 0 Å². The SMILES string of the molecule is CCc1ccc(C(CC(=O)OC)B2OC(C)(C)C(C)(C)O2)o1. The number of esters is 1. The molecule has 6 heteroatoms. The van der Waals surface area contributed by atoms with Crippen molar-refractivity contribution in [1.29, 1.82) is 0 Å². The predicted octanol–water partition coefficient (Wildman–Crippen LogP) is 3.12. The standard InChI is InChI=1S/C16H25BO5/c1-7-11-8-9-13(20-11)12(10-14(18)19-6)17-21-15(2,3)16(4,5)22-17/h8-9,12H,7,10H2,1-6H3. The largest absolute Gasteiger partial charge is 0.469 e. The first-order valence-corrected chi connectivity index (χ1v) is 7.71. The van der Waals surface area contributed by atoms with E-state index in [9.17, 15) is 4.79 Å². The van der Waals surface area contributed by atoms with Gasteiger partial charge in [0, 0.05) is 6.42 Å². The molecule has 22 heavy (non-hydrogen) atoms. The fourth-order valence-electron chi connectivity index (χ4n) is 2.43. The molecular formula is C16H25BO5. The average Bonchev–Trinajstić information content (AvgIpc) is 2.98. The Morgan fingerprint density at radius 3 is 2.27 bits per heavy atom. The molecule has 1 aromatic rings. The zero-order chi connectivity index (χ0) is 16.5. The van der Waals surface area contributed by atoms with Crippen molar-refractivity contribution in [3.8, 4) is 0 Å². The van der Waals surface area contributed by atoms with Gasteiger partial charge in [-0.05, 0) is 39.8 Å². The third kappa shape index (κ3) is 3.23. The lowest BCUT2D eigenvalue weighted by Gasteiger charge is -2.32. The molecular weight excluding hydrogens is 283 g/mol. The van der Waals surface area contributed by atoms with Gasteiger partial charge in [-0.15, -0.1) is 0 Å². The first-order chi connectivity index (χ1) is 10.2. The highest BCUT2D eigenvalue weighted by molar-refractivity contribution is 6.47. The van der Waals surface area contributed by atoms with E-state index in [0.717, 1.165) is 12.2 Å². The molecule has 5 nitrogen and oxygen atoms in total. The topological polar surface area (TPSA) is 57.9 Å². The van der Waals surface area contributed by atoms with E-state index in [1.165, 1.54) is 7.11 Å². The molecule has 1 aliphatic rings. The Bertz CT molecular complexity index is 518. The first kappa shape index (κ1) is 17.1. The molecule has 1 saturated heterocycles. The van der Waals surface area contributed by atoms with Gasteiger partial charge in [0.1, 0.15) is 11.5 Å². The summed E-state index contributed by atoms with van der Waals surface area (Å²) in [6.45, 7) is 9.97. The molecule has 0 N–H and O–H groups in total. The van der Waals surface area contributed by atoms with Crippen molar-refractivity contribution in [3.05, 3.63) is 23.7 Å². The number of ether oxygens (including phenoxy) is 1. The normalized spacial score (nSPS) is 20.9. The summed E-state index contributed by atoms with van der Waals surface area (Å²) >= 11 is 0. The van der Waals surface area contributed by atoms with E-state index in [-0.39, 0.29) is 18.2 Å². The van der Waals surface area contributed by atoms with Crippen LogP contribution < -0.4 is 0 Å². The third-order valence-electron chi connectivity index (χ3n) is 4.61. The van der Waals surface area contributed by atoms with Crippen molar-refractivity contribution in [2.45, 2.75) is 64.5 Å². The second kappa shape index (κ2) is 6.09. The fraction of sp³-hybridized carbons (Fsp3) is 0.688. The Morgan fingerprint density at radius 1 is 1.23 bits per heavy atom. The fourth-order valence-corrected chi connectivity index (χ4v) is 2.43. The average molecular weight is 308 g/mol. The summed E-state index contributed by atoms with van der Waals surface area (Å²) in [6.07, 6.45) is 0.957. The van der Waals surface area contributed by atoms with Crippen LogP contribution in [0.4, 0.5) is 0 Å². The number of aryl methyl sites for hydroxylation is 1. The molecule has 1 atom stereocenters. The number of carbonyl (C=O) groups excluding carboxylic acids is 1. The minimum atomic E-state index is -0.542. The maximum atomic E-state index is 11.8. The van der Waals surface area contributed by atoms with Gasteiger partial charge in [-0.25, -0.2) is 0 Å². The molecule has 0 radical (unpaired) electrons. The summed E-state index contributed by atoms with van der Waals surface area (Å²) in [6, 6.07) is 3.81. The smallest absolute Gasteiger partial charge is 0.469 e. The van der Waals surface area contributed by atoms with E-state index in [2.05, 4.69) is 0 Å². The van der Waals surface area contributed by atoms with E-state index in [4.69, 9.17) is 18.5 Å². The predicted molar refractivity (Wildman–Crippen MR) is 83.5 cm³/mol. The van der Waals surface area contributed by atoms with Gasteiger partial charge < -0.3 is 18.5 Å². The van der Waals surface area contributed by atoms with Gasteiger partial charge in [0.05, 0.1) is 30.5 Å². The van der Waals surface area contributed by atoms with Crippen LogP contribution in [0.2, 0.25) is 0 Å². The second-order valence-corrected chi connectivity index (χ2v) is 6.67. The van der Waals surface area contributed by atoms with Crippen LogP contribution >= 0.6 is 0 Å². The van der Waals surface area contributed by atoms with Gasteiger partial charge in [0.2, 0.25) is 0 Å². The third-order valence-corrected chi connectivity index (χ3v) is 4.61. The number of rotatable bonds is 5. The lowest BCUT2D eigenvalue weighted by molar-refractivity contribution is -0.140. The summed E-state index contributed by atoms with van der Waals surface area (Å²) < 4.78 is 22.8. The highest BCUT2D eigenvalue weighted by Crippen LogP contribution is 2.42. The van der Waals surface area contributed by atoms with Crippen LogP contribution in [-0.2, 0) is 25.3 Å². The molecule has 1 aromatic heterocycles. The van der Waals surface area contributed by atoms with Gasteiger partial charge in [-0.3, -0.25) is 4.79 Å². The van der Waals surface area contributed by atoms with E-state index in [1.54, 1.807) is 0 Å². The number of hydrogen-bond acceptors (Lipinski definition) is 5. The van der Waals surface area contributed by atoms with Crippen molar-refractivity contribution in [2.75, 3.05) is 7.11 Å². The maximum Gasteiger partial charge on any atom is 0.469 e. The molecule has 0 bridgehead atoms. The molecule has 1 fully saturated rings. The number of furan rings is 1. The molecule has 2 rings (SSSR count). The molecule has 0 spiro atoms. The van der Waals surface area contributed by atoms with Crippen LogP contribution in [0.3, 0.4) is 0 Å². The van der Waals surface area contributed by atoms with Crippen molar-refractivity contribution in [3.63, 3.8) is 0 Å². The zero-order valence-corrected chi connectivity index (χ0v) is 14.3. The van der Waals surface area contributed by atoms with Crippen LogP contribution in [0.5, 0.6) is 0 Å². The van der Waals surface area contributed by atoms with Crippen LogP contribution in [0.15, 0.2) is 16.5 Å². The number of carbonyl (C=O) groups is 1. The molecule has 0 aromatic carbocycles. The van der Waals surface area contributed by atoms with E-state index < -0.39 is 18.3 Å². The summed E-state index contributed by atoms with van der Waals surface area (Å²) in [7, 11) is 0.837. The number of methoxy groups -OCH3 is 1. The van der Waals surface area contributed by atoms with Gasteiger partial charge in [-0.1, -0.05) is 6.92 Å². The molecule has 0 amide bonds. The van der Waals surface area contributed by atoms with E-state index in [1.807, 2.05) is 46.8 Å². The maximum absolute atomic E-state index is 11.8. The molecule has 1 unspecified atom stereocenters. The van der Waals surface area contributed by atoms with Crippen LogP contribution in [-0.4, -0.2) is 31.4 Å².